The SMILES string of the molecule is Cn1c(=O)c2c(nc(-c3ncccc3Cl)n2-c2ccc(Cl)cc2)n(COCC[Si](C)(C)C)c1=O. The Morgan fingerprint density at radius 3 is 2.41 bits per heavy atom. The van der Waals surface area contributed by atoms with Gasteiger partial charge in [-0.05, 0) is 42.4 Å². The lowest BCUT2D eigenvalue weighted by Gasteiger charge is -2.16. The summed E-state index contributed by atoms with van der Waals surface area (Å²) in [5.41, 5.74) is 0.438. The quantitative estimate of drug-likeness (QED) is 0.265. The van der Waals surface area contributed by atoms with E-state index in [9.17, 15) is 9.59 Å². The van der Waals surface area contributed by atoms with Crippen LogP contribution in [0.15, 0.2) is 52.2 Å². The van der Waals surface area contributed by atoms with E-state index in [2.05, 4.69) is 24.6 Å². The third kappa shape index (κ3) is 4.74. The molecule has 34 heavy (non-hydrogen) atoms. The molecule has 4 rings (SSSR count). The summed E-state index contributed by atoms with van der Waals surface area (Å²) >= 11 is 12.5. The molecule has 8 nitrogen and oxygen atoms in total. The van der Waals surface area contributed by atoms with Crippen LogP contribution in [0.2, 0.25) is 35.7 Å². The Bertz CT molecular complexity index is 1470. The van der Waals surface area contributed by atoms with Crippen LogP contribution in [0.3, 0.4) is 0 Å². The molecule has 0 fully saturated rings. The van der Waals surface area contributed by atoms with E-state index in [4.69, 9.17) is 32.9 Å². The molecule has 0 radical (unpaired) electrons. The minimum Gasteiger partial charge on any atom is -0.361 e. The normalized spacial score (nSPS) is 11.9. The second-order valence-electron chi connectivity index (χ2n) is 9.18. The van der Waals surface area contributed by atoms with Crippen molar-refractivity contribution in [3.8, 4) is 17.2 Å². The van der Waals surface area contributed by atoms with Crippen molar-refractivity contribution in [2.45, 2.75) is 32.4 Å². The van der Waals surface area contributed by atoms with Gasteiger partial charge in [0.15, 0.2) is 17.0 Å². The molecule has 11 heteroatoms. The Morgan fingerprint density at radius 1 is 1.06 bits per heavy atom. The van der Waals surface area contributed by atoms with Crippen LogP contribution in [0, 0.1) is 0 Å². The molecule has 0 aliphatic heterocycles. The number of benzene rings is 1. The third-order valence-electron chi connectivity index (χ3n) is 5.41. The molecular weight excluding hydrogens is 493 g/mol. The lowest BCUT2D eigenvalue weighted by atomic mass is 10.3. The zero-order chi connectivity index (χ0) is 24.6. The number of aromatic nitrogens is 5. The molecule has 0 aliphatic carbocycles. The highest BCUT2D eigenvalue weighted by atomic mass is 35.5. The van der Waals surface area contributed by atoms with Crippen LogP contribution >= 0.6 is 23.2 Å². The molecule has 4 aromatic rings. The highest BCUT2D eigenvalue weighted by molar-refractivity contribution is 6.76. The molecule has 178 valence electrons. The molecule has 0 atom stereocenters. The maximum atomic E-state index is 13.3. The Morgan fingerprint density at radius 2 is 1.76 bits per heavy atom. The minimum absolute atomic E-state index is 0.0268. The van der Waals surface area contributed by atoms with Crippen LogP contribution in [0.1, 0.15) is 0 Å². The highest BCUT2D eigenvalue weighted by Gasteiger charge is 2.24. The van der Waals surface area contributed by atoms with E-state index in [1.165, 1.54) is 11.6 Å². The summed E-state index contributed by atoms with van der Waals surface area (Å²) < 4.78 is 9.93. The Hall–Kier alpha value is -2.72. The van der Waals surface area contributed by atoms with Crippen molar-refractivity contribution in [1.82, 2.24) is 23.7 Å². The average Bonchev–Trinajstić information content (AvgIpc) is 3.17. The summed E-state index contributed by atoms with van der Waals surface area (Å²) in [6.07, 6.45) is 1.59. The van der Waals surface area contributed by atoms with Gasteiger partial charge in [-0.2, -0.15) is 0 Å². The Kier molecular flexibility index (Phi) is 6.82. The molecule has 0 N–H and O–H groups in total. The maximum absolute atomic E-state index is 13.3. The molecule has 0 unspecified atom stereocenters. The fraction of sp³-hybridized carbons (Fsp3) is 0.304. The predicted molar refractivity (Wildman–Crippen MR) is 138 cm³/mol. The number of hydrogen-bond acceptors (Lipinski definition) is 5. The summed E-state index contributed by atoms with van der Waals surface area (Å²) in [5.74, 6) is 0.335. The summed E-state index contributed by atoms with van der Waals surface area (Å²) in [6.45, 7) is 7.25. The van der Waals surface area contributed by atoms with Gasteiger partial charge >= 0.3 is 5.69 Å². The van der Waals surface area contributed by atoms with Gasteiger partial charge in [0.05, 0.1) is 5.02 Å². The molecule has 0 spiro atoms. The first-order valence-electron chi connectivity index (χ1n) is 10.8. The first-order valence-corrected chi connectivity index (χ1v) is 15.2. The number of fused-ring (bicyclic) bond motifs is 1. The number of rotatable bonds is 7. The molecule has 0 amide bonds. The van der Waals surface area contributed by atoms with Gasteiger partial charge in [0.25, 0.3) is 5.56 Å². The largest absolute Gasteiger partial charge is 0.361 e. The molecule has 0 saturated heterocycles. The first-order chi connectivity index (χ1) is 16.1. The lowest BCUT2D eigenvalue weighted by molar-refractivity contribution is 0.0857. The topological polar surface area (TPSA) is 83.9 Å². The van der Waals surface area contributed by atoms with Crippen LogP contribution in [-0.2, 0) is 18.5 Å². The van der Waals surface area contributed by atoms with Gasteiger partial charge in [0.1, 0.15) is 12.4 Å². The van der Waals surface area contributed by atoms with E-state index in [0.29, 0.717) is 33.9 Å². The van der Waals surface area contributed by atoms with Crippen molar-refractivity contribution < 1.29 is 4.74 Å². The van der Waals surface area contributed by atoms with Crippen molar-refractivity contribution in [3.63, 3.8) is 0 Å². The van der Waals surface area contributed by atoms with Crippen LogP contribution in [-0.4, -0.2) is 38.4 Å². The van der Waals surface area contributed by atoms with E-state index in [-0.39, 0.29) is 17.9 Å². The molecule has 0 aliphatic rings. The average molecular weight is 518 g/mol. The number of pyridine rings is 1. The fourth-order valence-electron chi connectivity index (χ4n) is 3.51. The number of hydrogen-bond donors (Lipinski definition) is 0. The molecule has 1 aromatic carbocycles. The van der Waals surface area contributed by atoms with Crippen molar-refractivity contribution in [3.05, 3.63) is 73.5 Å². The van der Waals surface area contributed by atoms with Gasteiger partial charge in [0.2, 0.25) is 0 Å². The van der Waals surface area contributed by atoms with Gasteiger partial charge in [0, 0.05) is 38.6 Å². The van der Waals surface area contributed by atoms with E-state index < -0.39 is 19.3 Å². The van der Waals surface area contributed by atoms with Crippen LogP contribution in [0.5, 0.6) is 0 Å². The standard InChI is InChI=1S/C23H25Cl2N5O3Si/c1-28-22(31)19-21(29(23(28)32)14-33-12-13-34(2,3)4)27-20(18-17(25)6-5-11-26-18)30(19)16-9-7-15(24)8-10-16/h5-11H,12-14H2,1-4H3. The summed E-state index contributed by atoms with van der Waals surface area (Å²) in [5, 5.41) is 0.913. The van der Waals surface area contributed by atoms with E-state index in [1.807, 2.05) is 0 Å². The molecule has 0 saturated carbocycles. The van der Waals surface area contributed by atoms with Crippen molar-refractivity contribution >= 4 is 42.4 Å². The molecule has 3 aromatic heterocycles. The van der Waals surface area contributed by atoms with Crippen LogP contribution < -0.4 is 11.2 Å². The second-order valence-corrected chi connectivity index (χ2v) is 15.6. The van der Waals surface area contributed by atoms with Crippen molar-refractivity contribution in [2.75, 3.05) is 6.61 Å². The fourth-order valence-corrected chi connectivity index (χ4v) is 4.60. The lowest BCUT2D eigenvalue weighted by Crippen LogP contribution is -2.39. The minimum atomic E-state index is -1.31. The van der Waals surface area contributed by atoms with Crippen LogP contribution in [0.4, 0.5) is 0 Å². The highest BCUT2D eigenvalue weighted by Crippen LogP contribution is 2.30. The first kappa shape index (κ1) is 24.4. The van der Waals surface area contributed by atoms with E-state index >= 15 is 0 Å². The van der Waals surface area contributed by atoms with Gasteiger partial charge < -0.3 is 4.74 Å². The zero-order valence-corrected chi connectivity index (χ0v) is 21.9. The smallest absolute Gasteiger partial charge is 0.334 e. The molecule has 3 heterocycles. The molecular formula is C23H25Cl2N5O3Si. The van der Waals surface area contributed by atoms with Gasteiger partial charge in [-0.3, -0.25) is 23.5 Å². The van der Waals surface area contributed by atoms with Gasteiger partial charge in [-0.1, -0.05) is 42.8 Å². The van der Waals surface area contributed by atoms with E-state index in [0.717, 1.165) is 10.6 Å². The number of imidazole rings is 1. The molecule has 0 bridgehead atoms. The van der Waals surface area contributed by atoms with Gasteiger partial charge in [-0.15, -0.1) is 0 Å². The predicted octanol–water partition coefficient (Wildman–Crippen LogP) is 4.57. The summed E-state index contributed by atoms with van der Waals surface area (Å²) in [4.78, 5) is 35.5. The second kappa shape index (κ2) is 9.50. The number of ether oxygens (including phenoxy) is 1. The van der Waals surface area contributed by atoms with Crippen molar-refractivity contribution in [2.24, 2.45) is 7.05 Å². The number of nitrogens with zero attached hydrogens (tertiary/aromatic N) is 5. The zero-order valence-electron chi connectivity index (χ0n) is 19.4. The van der Waals surface area contributed by atoms with Gasteiger partial charge in [-0.25, -0.2) is 9.78 Å². The maximum Gasteiger partial charge on any atom is 0.334 e. The summed E-state index contributed by atoms with van der Waals surface area (Å²) in [6, 6.07) is 11.3. The Labute approximate surface area is 207 Å². The monoisotopic (exact) mass is 517 g/mol. The van der Waals surface area contributed by atoms with Crippen LogP contribution in [0.25, 0.3) is 28.4 Å². The van der Waals surface area contributed by atoms with Crippen molar-refractivity contribution in [1.29, 1.82) is 0 Å². The summed E-state index contributed by atoms with van der Waals surface area (Å²) in [7, 11) is 0.132. The third-order valence-corrected chi connectivity index (χ3v) is 7.67. The van der Waals surface area contributed by atoms with E-state index in [1.54, 1.807) is 47.2 Å². The Balaban J connectivity index is 1.98. The number of halogens is 2.